The Labute approximate surface area is 185 Å². The van der Waals surface area contributed by atoms with Gasteiger partial charge in [-0.2, -0.15) is 0 Å². The SMILES string of the molecule is CC1=NC(C)=C(C(=O)NCC=Cc2ccccc2)C(c2cccc([N+](=O)[O-])c2)C1C(=O)O. The van der Waals surface area contributed by atoms with E-state index < -0.39 is 28.6 Å². The fourth-order valence-corrected chi connectivity index (χ4v) is 3.85. The molecule has 1 amide bonds. The van der Waals surface area contributed by atoms with E-state index >= 15 is 0 Å². The highest BCUT2D eigenvalue weighted by molar-refractivity contribution is 6.07. The van der Waals surface area contributed by atoms with Crippen molar-refractivity contribution in [3.8, 4) is 0 Å². The van der Waals surface area contributed by atoms with Gasteiger partial charge in [0.15, 0.2) is 0 Å². The molecule has 2 aromatic carbocycles. The summed E-state index contributed by atoms with van der Waals surface area (Å²) in [5.41, 5.74) is 2.11. The molecule has 1 heterocycles. The Kier molecular flexibility index (Phi) is 6.94. The number of nitrogens with one attached hydrogen (secondary N) is 1. The molecule has 3 rings (SSSR count). The van der Waals surface area contributed by atoms with Crippen molar-refractivity contribution in [1.82, 2.24) is 5.32 Å². The monoisotopic (exact) mass is 433 g/mol. The Morgan fingerprint density at radius 2 is 1.88 bits per heavy atom. The number of rotatable bonds is 7. The smallest absolute Gasteiger partial charge is 0.313 e. The number of carbonyl (C=O) groups excluding carboxylic acids is 1. The van der Waals surface area contributed by atoms with Gasteiger partial charge in [-0.3, -0.25) is 24.7 Å². The third kappa shape index (κ3) is 4.97. The first-order chi connectivity index (χ1) is 15.3. The molecule has 0 radical (unpaired) electrons. The summed E-state index contributed by atoms with van der Waals surface area (Å²) in [6.45, 7) is 3.46. The van der Waals surface area contributed by atoms with Crippen LogP contribution in [0.15, 0.2) is 76.9 Å². The van der Waals surface area contributed by atoms with Crippen molar-refractivity contribution < 1.29 is 19.6 Å². The zero-order valence-electron chi connectivity index (χ0n) is 17.7. The molecule has 0 aromatic heterocycles. The molecule has 2 aromatic rings. The van der Waals surface area contributed by atoms with E-state index in [0.717, 1.165) is 5.56 Å². The molecule has 0 saturated carbocycles. The van der Waals surface area contributed by atoms with Gasteiger partial charge in [-0.05, 0) is 25.0 Å². The van der Waals surface area contributed by atoms with Crippen molar-refractivity contribution in [2.24, 2.45) is 10.9 Å². The van der Waals surface area contributed by atoms with E-state index in [1.807, 2.05) is 36.4 Å². The minimum absolute atomic E-state index is 0.171. The average molecular weight is 433 g/mol. The van der Waals surface area contributed by atoms with E-state index in [1.54, 1.807) is 26.0 Å². The second-order valence-corrected chi connectivity index (χ2v) is 7.42. The second kappa shape index (κ2) is 9.82. The van der Waals surface area contributed by atoms with Gasteiger partial charge in [-0.25, -0.2) is 0 Å². The van der Waals surface area contributed by atoms with E-state index in [-0.39, 0.29) is 17.8 Å². The lowest BCUT2D eigenvalue weighted by Crippen LogP contribution is -2.38. The van der Waals surface area contributed by atoms with Crippen LogP contribution in [0.2, 0.25) is 0 Å². The molecule has 0 spiro atoms. The van der Waals surface area contributed by atoms with Gasteiger partial charge in [0.05, 0.1) is 4.92 Å². The van der Waals surface area contributed by atoms with Crippen LogP contribution in [-0.4, -0.2) is 34.2 Å². The summed E-state index contributed by atoms with van der Waals surface area (Å²) < 4.78 is 0. The molecule has 32 heavy (non-hydrogen) atoms. The van der Waals surface area contributed by atoms with Gasteiger partial charge >= 0.3 is 5.97 Å². The summed E-state index contributed by atoms with van der Waals surface area (Å²) in [6.07, 6.45) is 3.65. The molecule has 0 bridgehead atoms. The number of nitrogens with zero attached hydrogens (tertiary/aromatic N) is 2. The van der Waals surface area contributed by atoms with Crippen molar-refractivity contribution in [3.05, 3.63) is 93.2 Å². The quantitative estimate of drug-likeness (QED) is 0.506. The number of hydrogen-bond donors (Lipinski definition) is 2. The average Bonchev–Trinajstić information content (AvgIpc) is 2.76. The molecule has 0 fully saturated rings. The molecular formula is C24H23N3O5. The first kappa shape index (κ1) is 22.6. The van der Waals surface area contributed by atoms with Crippen LogP contribution < -0.4 is 5.32 Å². The van der Waals surface area contributed by atoms with Gasteiger partial charge in [0.1, 0.15) is 5.92 Å². The highest BCUT2D eigenvalue weighted by atomic mass is 16.6. The maximum atomic E-state index is 13.1. The van der Waals surface area contributed by atoms with E-state index in [1.165, 1.54) is 18.2 Å². The van der Waals surface area contributed by atoms with E-state index in [2.05, 4.69) is 10.3 Å². The Balaban J connectivity index is 1.92. The van der Waals surface area contributed by atoms with E-state index in [4.69, 9.17) is 0 Å². The Morgan fingerprint density at radius 3 is 2.53 bits per heavy atom. The van der Waals surface area contributed by atoms with Crippen LogP contribution >= 0.6 is 0 Å². The summed E-state index contributed by atoms with van der Waals surface area (Å²) in [6, 6.07) is 15.3. The normalized spacial score (nSPS) is 18.4. The van der Waals surface area contributed by atoms with Gasteiger partial charge < -0.3 is 10.4 Å². The molecule has 8 heteroatoms. The van der Waals surface area contributed by atoms with Gasteiger partial charge in [0, 0.05) is 41.6 Å². The second-order valence-electron chi connectivity index (χ2n) is 7.42. The predicted octanol–water partition coefficient (Wildman–Crippen LogP) is 3.96. The summed E-state index contributed by atoms with van der Waals surface area (Å²) in [5, 5.41) is 23.9. The number of hydrogen-bond acceptors (Lipinski definition) is 5. The van der Waals surface area contributed by atoms with Crippen molar-refractivity contribution in [2.45, 2.75) is 19.8 Å². The maximum Gasteiger partial charge on any atom is 0.313 e. The Hall–Kier alpha value is -4.07. The third-order valence-corrected chi connectivity index (χ3v) is 5.27. The van der Waals surface area contributed by atoms with Crippen LogP contribution in [0.3, 0.4) is 0 Å². The molecule has 0 aliphatic carbocycles. The van der Waals surface area contributed by atoms with Crippen molar-refractivity contribution >= 4 is 29.4 Å². The third-order valence-electron chi connectivity index (χ3n) is 5.27. The van der Waals surface area contributed by atoms with Crippen LogP contribution in [0.1, 0.15) is 30.9 Å². The zero-order valence-corrected chi connectivity index (χ0v) is 17.7. The summed E-state index contributed by atoms with van der Waals surface area (Å²) >= 11 is 0. The van der Waals surface area contributed by atoms with Crippen LogP contribution in [0, 0.1) is 16.0 Å². The zero-order chi connectivity index (χ0) is 23.3. The molecule has 0 saturated heterocycles. The largest absolute Gasteiger partial charge is 0.481 e. The number of carboxylic acids is 1. The van der Waals surface area contributed by atoms with Crippen molar-refractivity contribution in [3.63, 3.8) is 0 Å². The van der Waals surface area contributed by atoms with Crippen molar-refractivity contribution in [2.75, 3.05) is 6.54 Å². The standard InChI is InChI=1S/C24H23N3O5/c1-15-20(23(28)25-13-7-10-17-8-4-3-5-9-17)22(21(24(29)30)16(2)26-15)18-11-6-12-19(14-18)27(31)32/h3-12,14,21-22H,13H2,1-2H3,(H,25,28)(H,29,30). The van der Waals surface area contributed by atoms with Crippen LogP contribution in [0.5, 0.6) is 0 Å². The van der Waals surface area contributed by atoms with Crippen molar-refractivity contribution in [1.29, 1.82) is 0 Å². The number of carboxylic acid groups (broad SMARTS) is 1. The highest BCUT2D eigenvalue weighted by Crippen LogP contribution is 2.40. The number of allylic oxidation sites excluding steroid dienone is 1. The number of amides is 1. The molecule has 2 N–H and O–H groups in total. The maximum absolute atomic E-state index is 13.1. The number of nitro benzene ring substituents is 1. The van der Waals surface area contributed by atoms with Crippen LogP contribution in [0.25, 0.3) is 6.08 Å². The minimum atomic E-state index is -1.15. The minimum Gasteiger partial charge on any atom is -0.481 e. The highest BCUT2D eigenvalue weighted by Gasteiger charge is 2.41. The summed E-state index contributed by atoms with van der Waals surface area (Å²) in [5.74, 6) is -3.62. The van der Waals surface area contributed by atoms with E-state index in [9.17, 15) is 24.8 Å². The van der Waals surface area contributed by atoms with E-state index in [0.29, 0.717) is 17.0 Å². The number of benzene rings is 2. The molecule has 2 atom stereocenters. The molecular weight excluding hydrogens is 410 g/mol. The number of nitro groups is 1. The number of aliphatic carboxylic acids is 1. The van der Waals surface area contributed by atoms with Gasteiger partial charge in [0.25, 0.3) is 5.69 Å². The first-order valence-corrected chi connectivity index (χ1v) is 10.0. The molecule has 1 aliphatic heterocycles. The molecule has 164 valence electrons. The Morgan fingerprint density at radius 1 is 1.16 bits per heavy atom. The lowest BCUT2D eigenvalue weighted by Gasteiger charge is -2.30. The lowest BCUT2D eigenvalue weighted by molar-refractivity contribution is -0.384. The van der Waals surface area contributed by atoms with Gasteiger partial charge in [0.2, 0.25) is 5.91 Å². The number of carbonyl (C=O) groups is 2. The summed E-state index contributed by atoms with van der Waals surface area (Å²) in [4.78, 5) is 40.2. The van der Waals surface area contributed by atoms with Crippen LogP contribution in [0.4, 0.5) is 5.69 Å². The van der Waals surface area contributed by atoms with Crippen LogP contribution in [-0.2, 0) is 9.59 Å². The molecule has 8 nitrogen and oxygen atoms in total. The number of aliphatic imine (C=N–C) groups is 1. The molecule has 2 unspecified atom stereocenters. The Bertz CT molecular complexity index is 1140. The molecule has 1 aliphatic rings. The van der Waals surface area contributed by atoms with Gasteiger partial charge in [-0.1, -0.05) is 54.6 Å². The van der Waals surface area contributed by atoms with Gasteiger partial charge in [-0.15, -0.1) is 0 Å². The first-order valence-electron chi connectivity index (χ1n) is 10.0. The summed E-state index contributed by atoms with van der Waals surface area (Å²) in [7, 11) is 0. The number of non-ortho nitro benzene ring substituents is 1. The fourth-order valence-electron chi connectivity index (χ4n) is 3.85. The topological polar surface area (TPSA) is 122 Å². The fraction of sp³-hybridized carbons (Fsp3) is 0.208. The predicted molar refractivity (Wildman–Crippen MR) is 121 cm³/mol. The lowest BCUT2D eigenvalue weighted by atomic mass is 9.75.